The largest absolute Gasteiger partial charge is 0.332 e. The van der Waals surface area contributed by atoms with Gasteiger partial charge in [0.05, 0.1) is 27.6 Å². The predicted molar refractivity (Wildman–Crippen MR) is 127 cm³/mol. The van der Waals surface area contributed by atoms with E-state index in [0.717, 1.165) is 21.3 Å². The average Bonchev–Trinajstić information content (AvgIpc) is 3.34. The Kier molecular flexibility index (Phi) is 6.31. The Labute approximate surface area is 193 Å². The summed E-state index contributed by atoms with van der Waals surface area (Å²) in [5, 5.41) is 6.57. The number of pyridine rings is 1. The fourth-order valence-corrected chi connectivity index (χ4v) is 5.78. The standard InChI is InChI=1S/C21H19N5O3S3/c1-13(27)11-19-23-14(2)20(31-19)17-12-30-21(25-17)24-15-6-8-16(9-7-15)32(28,29)26-18-5-3-4-10-22-18/h3-10,12H,11H2,1-2H3,(H,22,26)(H,24,25). The molecular formula is C21H19N5O3S3. The minimum atomic E-state index is -3.73. The number of hydrogen-bond donors (Lipinski definition) is 2. The van der Waals surface area contributed by atoms with Gasteiger partial charge in [0.2, 0.25) is 0 Å². The van der Waals surface area contributed by atoms with Crippen LogP contribution in [0.3, 0.4) is 0 Å². The molecule has 0 fully saturated rings. The number of aromatic nitrogens is 3. The van der Waals surface area contributed by atoms with Crippen molar-refractivity contribution in [2.24, 2.45) is 0 Å². The molecule has 3 heterocycles. The van der Waals surface area contributed by atoms with Crippen LogP contribution in [-0.4, -0.2) is 29.2 Å². The number of aryl methyl sites for hydroxylation is 1. The van der Waals surface area contributed by atoms with E-state index in [1.165, 1.54) is 41.0 Å². The summed E-state index contributed by atoms with van der Waals surface area (Å²) in [7, 11) is -3.73. The number of benzene rings is 1. The number of thiazole rings is 2. The van der Waals surface area contributed by atoms with Crippen molar-refractivity contribution < 1.29 is 13.2 Å². The molecule has 2 N–H and O–H groups in total. The lowest BCUT2D eigenvalue weighted by atomic mass is 10.3. The predicted octanol–water partition coefficient (Wildman–Crippen LogP) is 4.65. The highest BCUT2D eigenvalue weighted by molar-refractivity contribution is 7.92. The summed E-state index contributed by atoms with van der Waals surface area (Å²) in [6.45, 7) is 3.45. The third-order valence-corrected chi connectivity index (χ3v) is 7.61. The van der Waals surface area contributed by atoms with Gasteiger partial charge in [-0.1, -0.05) is 6.07 Å². The first kappa shape index (κ1) is 22.1. The van der Waals surface area contributed by atoms with Gasteiger partial charge < -0.3 is 5.32 Å². The van der Waals surface area contributed by atoms with Crippen LogP contribution in [0.4, 0.5) is 16.6 Å². The first-order valence-electron chi connectivity index (χ1n) is 9.53. The third kappa shape index (κ3) is 5.18. The van der Waals surface area contributed by atoms with Crippen LogP contribution in [-0.2, 0) is 21.2 Å². The highest BCUT2D eigenvalue weighted by Crippen LogP contribution is 2.33. The van der Waals surface area contributed by atoms with Crippen LogP contribution in [0, 0.1) is 6.92 Å². The fraction of sp³-hybridized carbons (Fsp3) is 0.143. The number of nitrogens with one attached hydrogen (secondary N) is 2. The van der Waals surface area contributed by atoms with E-state index in [9.17, 15) is 13.2 Å². The van der Waals surface area contributed by atoms with Crippen molar-refractivity contribution in [2.45, 2.75) is 25.2 Å². The molecular weight excluding hydrogens is 466 g/mol. The first-order chi connectivity index (χ1) is 15.3. The maximum atomic E-state index is 12.5. The molecule has 0 amide bonds. The van der Waals surface area contributed by atoms with Crippen LogP contribution in [0.15, 0.2) is 58.9 Å². The van der Waals surface area contributed by atoms with E-state index in [1.807, 2.05) is 12.3 Å². The number of hydrogen-bond acceptors (Lipinski definition) is 9. The molecule has 0 saturated carbocycles. The van der Waals surface area contributed by atoms with Crippen molar-refractivity contribution in [1.29, 1.82) is 0 Å². The number of nitrogens with zero attached hydrogens (tertiary/aromatic N) is 3. The van der Waals surface area contributed by atoms with Gasteiger partial charge in [-0.25, -0.2) is 23.4 Å². The summed E-state index contributed by atoms with van der Waals surface area (Å²) < 4.78 is 27.5. The van der Waals surface area contributed by atoms with Crippen LogP contribution < -0.4 is 10.0 Å². The minimum absolute atomic E-state index is 0.0756. The van der Waals surface area contributed by atoms with Crippen molar-refractivity contribution >= 4 is 55.1 Å². The molecule has 1 aromatic carbocycles. The van der Waals surface area contributed by atoms with Gasteiger partial charge in [0.1, 0.15) is 16.6 Å². The third-order valence-electron chi connectivity index (χ3n) is 4.30. The van der Waals surface area contributed by atoms with Gasteiger partial charge in [0.15, 0.2) is 5.13 Å². The zero-order valence-electron chi connectivity index (χ0n) is 17.2. The molecule has 0 bridgehead atoms. The van der Waals surface area contributed by atoms with Gasteiger partial charge in [0.25, 0.3) is 10.0 Å². The van der Waals surface area contributed by atoms with Crippen molar-refractivity contribution in [3.8, 4) is 10.6 Å². The van der Waals surface area contributed by atoms with Gasteiger partial charge in [-0.3, -0.25) is 9.52 Å². The molecule has 8 nitrogen and oxygen atoms in total. The van der Waals surface area contributed by atoms with Crippen molar-refractivity contribution in [2.75, 3.05) is 10.0 Å². The highest BCUT2D eigenvalue weighted by atomic mass is 32.2. The molecule has 32 heavy (non-hydrogen) atoms. The number of carbonyl (C=O) groups is 1. The van der Waals surface area contributed by atoms with Crippen molar-refractivity contribution in [1.82, 2.24) is 15.0 Å². The SMILES string of the molecule is CC(=O)Cc1nc(C)c(-c2csc(Nc3ccc(S(=O)(=O)Nc4ccccn4)cc3)n2)s1. The Balaban J connectivity index is 1.46. The van der Waals surface area contributed by atoms with E-state index in [0.29, 0.717) is 17.2 Å². The molecule has 0 atom stereocenters. The summed E-state index contributed by atoms with van der Waals surface area (Å²) in [6, 6.07) is 11.4. The van der Waals surface area contributed by atoms with Gasteiger partial charge in [-0.15, -0.1) is 22.7 Å². The van der Waals surface area contributed by atoms with E-state index < -0.39 is 10.0 Å². The molecule has 0 spiro atoms. The molecule has 164 valence electrons. The second-order valence-electron chi connectivity index (χ2n) is 6.91. The number of Topliss-reactive ketones (excluding diaryl/α,β-unsaturated/α-hetero) is 1. The molecule has 0 radical (unpaired) electrons. The summed E-state index contributed by atoms with van der Waals surface area (Å²) in [6.07, 6.45) is 1.84. The zero-order valence-corrected chi connectivity index (χ0v) is 19.6. The van der Waals surface area contributed by atoms with E-state index >= 15 is 0 Å². The molecule has 3 aromatic heterocycles. The Morgan fingerprint density at radius 2 is 1.88 bits per heavy atom. The van der Waals surface area contributed by atoms with Gasteiger partial charge in [-0.05, 0) is 50.2 Å². The van der Waals surface area contributed by atoms with Crippen molar-refractivity contribution in [3.05, 3.63) is 64.7 Å². The van der Waals surface area contributed by atoms with E-state index in [4.69, 9.17) is 0 Å². The Bertz CT molecular complexity index is 1350. The fourth-order valence-electron chi connectivity index (χ4n) is 2.87. The van der Waals surface area contributed by atoms with Gasteiger partial charge in [-0.2, -0.15) is 0 Å². The molecule has 0 saturated heterocycles. The number of anilines is 3. The monoisotopic (exact) mass is 485 g/mol. The summed E-state index contributed by atoms with van der Waals surface area (Å²) in [5.74, 6) is 0.335. The van der Waals surface area contributed by atoms with Crippen LogP contribution >= 0.6 is 22.7 Å². The minimum Gasteiger partial charge on any atom is -0.332 e. The van der Waals surface area contributed by atoms with Crippen LogP contribution in [0.25, 0.3) is 10.6 Å². The summed E-state index contributed by atoms with van der Waals surface area (Å²) in [4.78, 5) is 25.5. The second kappa shape index (κ2) is 9.15. The molecule has 4 aromatic rings. The van der Waals surface area contributed by atoms with Gasteiger partial charge in [0, 0.05) is 17.3 Å². The number of ketones is 1. The molecule has 11 heteroatoms. The maximum absolute atomic E-state index is 12.5. The quantitative estimate of drug-likeness (QED) is 0.373. The Hall–Kier alpha value is -3.15. The lowest BCUT2D eigenvalue weighted by Gasteiger charge is -2.08. The molecule has 0 aliphatic rings. The summed E-state index contributed by atoms with van der Waals surface area (Å²) >= 11 is 2.91. The Morgan fingerprint density at radius 3 is 2.56 bits per heavy atom. The molecule has 0 unspecified atom stereocenters. The lowest BCUT2D eigenvalue weighted by molar-refractivity contribution is -0.116. The number of carbonyl (C=O) groups excluding carboxylic acids is 1. The topological polar surface area (TPSA) is 114 Å². The smallest absolute Gasteiger partial charge is 0.263 e. The first-order valence-corrected chi connectivity index (χ1v) is 12.7. The van der Waals surface area contributed by atoms with Gasteiger partial charge >= 0.3 is 0 Å². The van der Waals surface area contributed by atoms with E-state index in [1.54, 1.807) is 37.3 Å². The van der Waals surface area contributed by atoms with E-state index in [2.05, 4.69) is 25.0 Å². The average molecular weight is 486 g/mol. The number of sulfonamides is 1. The van der Waals surface area contributed by atoms with E-state index in [-0.39, 0.29) is 16.5 Å². The number of rotatable bonds is 8. The maximum Gasteiger partial charge on any atom is 0.263 e. The lowest BCUT2D eigenvalue weighted by Crippen LogP contribution is -2.13. The summed E-state index contributed by atoms with van der Waals surface area (Å²) in [5.41, 5.74) is 2.35. The van der Waals surface area contributed by atoms with Crippen LogP contribution in [0.1, 0.15) is 17.6 Å². The molecule has 0 aliphatic heterocycles. The molecule has 4 rings (SSSR count). The normalized spacial score (nSPS) is 11.3. The zero-order chi connectivity index (χ0) is 22.7. The molecule has 0 aliphatic carbocycles. The van der Waals surface area contributed by atoms with Crippen LogP contribution in [0.5, 0.6) is 0 Å². The van der Waals surface area contributed by atoms with Crippen molar-refractivity contribution in [3.63, 3.8) is 0 Å². The highest BCUT2D eigenvalue weighted by Gasteiger charge is 2.16. The van der Waals surface area contributed by atoms with Crippen LogP contribution in [0.2, 0.25) is 0 Å². The second-order valence-corrected chi connectivity index (χ2v) is 10.5. The Morgan fingerprint density at radius 1 is 1.09 bits per heavy atom.